The lowest BCUT2D eigenvalue weighted by molar-refractivity contribution is -0.139. The van der Waals surface area contributed by atoms with Crippen LogP contribution in [0.15, 0.2) is 41.6 Å². The molecule has 1 amide bonds. The van der Waals surface area contributed by atoms with Crippen LogP contribution in [0.5, 0.6) is 11.5 Å². The predicted molar refractivity (Wildman–Crippen MR) is 126 cm³/mol. The molecule has 33 heavy (non-hydrogen) atoms. The average Bonchev–Trinajstić information content (AvgIpc) is 2.70. The Hall–Kier alpha value is -3.29. The second-order valence-corrected chi connectivity index (χ2v) is 8.40. The van der Waals surface area contributed by atoms with Crippen LogP contribution in [0.4, 0.5) is 0 Å². The Labute approximate surface area is 195 Å². The number of oxime groups is 1. The smallest absolute Gasteiger partial charge is 0.342 e. The molecule has 0 atom stereocenters. The van der Waals surface area contributed by atoms with Gasteiger partial charge in [-0.3, -0.25) is 4.79 Å². The SMILES string of the molecule is CC(C)N(C(=O)CON=C1/C=C/CC/C=C/CCOC(=O)c2c(O)cc(O)cc2C1)C(C)C. The van der Waals surface area contributed by atoms with Crippen molar-refractivity contribution >= 4 is 17.6 Å². The molecule has 180 valence electrons. The van der Waals surface area contributed by atoms with E-state index in [0.717, 1.165) is 18.9 Å². The van der Waals surface area contributed by atoms with Gasteiger partial charge in [-0.1, -0.05) is 23.4 Å². The quantitative estimate of drug-likeness (QED) is 0.390. The van der Waals surface area contributed by atoms with E-state index in [9.17, 15) is 19.8 Å². The van der Waals surface area contributed by atoms with Gasteiger partial charge in [-0.2, -0.15) is 0 Å². The van der Waals surface area contributed by atoms with Crippen molar-refractivity contribution in [2.75, 3.05) is 13.2 Å². The van der Waals surface area contributed by atoms with E-state index < -0.39 is 5.97 Å². The number of nitrogens with zero attached hydrogens (tertiary/aromatic N) is 2. The molecule has 8 nitrogen and oxygen atoms in total. The Kier molecular flexibility index (Phi) is 9.97. The van der Waals surface area contributed by atoms with E-state index in [2.05, 4.69) is 5.16 Å². The van der Waals surface area contributed by atoms with Gasteiger partial charge in [-0.05, 0) is 64.7 Å². The summed E-state index contributed by atoms with van der Waals surface area (Å²) in [7, 11) is 0. The molecule has 0 spiro atoms. The Morgan fingerprint density at radius 3 is 2.45 bits per heavy atom. The minimum absolute atomic E-state index is 0.0277. The molecule has 1 aromatic rings. The summed E-state index contributed by atoms with van der Waals surface area (Å²) < 4.78 is 5.28. The molecule has 0 unspecified atom stereocenters. The fourth-order valence-electron chi connectivity index (χ4n) is 3.72. The van der Waals surface area contributed by atoms with Gasteiger partial charge in [0.15, 0.2) is 6.61 Å². The minimum Gasteiger partial charge on any atom is -0.508 e. The zero-order valence-corrected chi connectivity index (χ0v) is 19.8. The molecule has 0 aromatic heterocycles. The first-order valence-corrected chi connectivity index (χ1v) is 11.2. The maximum atomic E-state index is 12.6. The van der Waals surface area contributed by atoms with Crippen molar-refractivity contribution in [1.82, 2.24) is 4.90 Å². The second-order valence-electron chi connectivity index (χ2n) is 8.40. The number of ether oxygens (including phenoxy) is 1. The van der Waals surface area contributed by atoms with Crippen molar-refractivity contribution in [2.24, 2.45) is 5.16 Å². The standard InChI is InChI=1S/C25H34N2O6/c1-17(2)27(18(3)4)23(30)16-33-26-20-11-9-7-5-6-8-10-12-32-25(31)24-19(13-20)14-21(28)15-22(24)29/h6,8-9,11,14-15,17-18,28-29H,5,7,10,12-13,16H2,1-4H3/b8-6+,11-9+,26-20?. The number of aromatic hydroxyl groups is 2. The Balaban J connectivity index is 2.31. The van der Waals surface area contributed by atoms with Crippen molar-refractivity contribution in [3.63, 3.8) is 0 Å². The summed E-state index contributed by atoms with van der Waals surface area (Å²) >= 11 is 0. The van der Waals surface area contributed by atoms with Crippen LogP contribution < -0.4 is 0 Å². The van der Waals surface area contributed by atoms with Gasteiger partial charge in [0.25, 0.3) is 5.91 Å². The second kappa shape index (κ2) is 12.7. The van der Waals surface area contributed by atoms with Gasteiger partial charge in [-0.15, -0.1) is 0 Å². The predicted octanol–water partition coefficient (Wildman–Crippen LogP) is 4.11. The van der Waals surface area contributed by atoms with E-state index in [1.54, 1.807) is 11.0 Å². The molecule has 1 aromatic carbocycles. The lowest BCUT2D eigenvalue weighted by atomic mass is 10.00. The molecule has 0 radical (unpaired) electrons. The van der Waals surface area contributed by atoms with Crippen LogP contribution in [0.25, 0.3) is 0 Å². The number of phenols is 2. The first-order chi connectivity index (χ1) is 15.7. The molecule has 2 N–H and O–H groups in total. The zero-order chi connectivity index (χ0) is 24.4. The van der Waals surface area contributed by atoms with Gasteiger partial charge >= 0.3 is 5.97 Å². The Bertz CT molecular complexity index is 910. The highest BCUT2D eigenvalue weighted by Crippen LogP contribution is 2.29. The van der Waals surface area contributed by atoms with E-state index in [0.29, 0.717) is 17.7 Å². The molecular weight excluding hydrogens is 424 g/mol. The maximum Gasteiger partial charge on any atom is 0.342 e. The molecule has 0 saturated carbocycles. The first-order valence-electron chi connectivity index (χ1n) is 11.2. The Morgan fingerprint density at radius 1 is 1.09 bits per heavy atom. The number of rotatable bonds is 5. The monoisotopic (exact) mass is 458 g/mol. The van der Waals surface area contributed by atoms with Crippen molar-refractivity contribution in [2.45, 2.75) is 65.5 Å². The molecule has 0 fully saturated rings. The summed E-state index contributed by atoms with van der Waals surface area (Å²) in [6, 6.07) is 2.53. The molecule has 1 aliphatic rings. The summed E-state index contributed by atoms with van der Waals surface area (Å²) in [4.78, 5) is 32.2. The van der Waals surface area contributed by atoms with Gasteiger partial charge in [-0.25, -0.2) is 4.79 Å². The normalized spacial score (nSPS) is 18.4. The number of hydrogen-bond donors (Lipinski definition) is 2. The number of allylic oxidation sites excluding steroid dienone is 3. The lowest BCUT2D eigenvalue weighted by Gasteiger charge is -2.30. The van der Waals surface area contributed by atoms with Crippen LogP contribution >= 0.6 is 0 Å². The van der Waals surface area contributed by atoms with E-state index in [4.69, 9.17) is 9.57 Å². The van der Waals surface area contributed by atoms with E-state index in [1.165, 1.54) is 6.07 Å². The molecule has 1 heterocycles. The van der Waals surface area contributed by atoms with Crippen molar-refractivity contribution in [3.05, 3.63) is 47.6 Å². The summed E-state index contributed by atoms with van der Waals surface area (Å²) in [6.07, 6.45) is 9.86. The highest BCUT2D eigenvalue weighted by Gasteiger charge is 2.22. The highest BCUT2D eigenvalue weighted by atomic mass is 16.6. The zero-order valence-electron chi connectivity index (χ0n) is 19.8. The van der Waals surface area contributed by atoms with Crippen molar-refractivity contribution in [3.8, 4) is 11.5 Å². The fraction of sp³-hybridized carbons (Fsp3) is 0.480. The van der Waals surface area contributed by atoms with Gasteiger partial charge < -0.3 is 24.7 Å². The van der Waals surface area contributed by atoms with Crippen molar-refractivity contribution < 1.29 is 29.4 Å². The van der Waals surface area contributed by atoms with E-state index in [1.807, 2.05) is 45.9 Å². The number of phenolic OH excluding ortho intramolecular Hbond substituents is 2. The number of hydrogen-bond acceptors (Lipinski definition) is 7. The molecule has 8 heteroatoms. The summed E-state index contributed by atoms with van der Waals surface area (Å²) in [5.41, 5.74) is 0.745. The van der Waals surface area contributed by atoms with Crippen LogP contribution in [-0.2, 0) is 20.8 Å². The third-order valence-corrected chi connectivity index (χ3v) is 5.02. The number of carbonyl (C=O) groups excluding carboxylic acids is 2. The molecule has 0 aliphatic carbocycles. The van der Waals surface area contributed by atoms with Crippen LogP contribution in [0.1, 0.15) is 62.9 Å². The van der Waals surface area contributed by atoms with E-state index in [-0.39, 0.29) is 54.7 Å². The topological polar surface area (TPSA) is 109 Å². The number of fused-ring (bicyclic) bond motifs is 1. The summed E-state index contributed by atoms with van der Waals surface area (Å²) in [5.74, 6) is -1.43. The van der Waals surface area contributed by atoms with Gasteiger partial charge in [0.1, 0.15) is 17.1 Å². The number of cyclic esters (lactones) is 1. The molecular formula is C25H34N2O6. The Morgan fingerprint density at radius 2 is 1.76 bits per heavy atom. The van der Waals surface area contributed by atoms with Crippen LogP contribution in [-0.4, -0.2) is 58.0 Å². The van der Waals surface area contributed by atoms with Crippen LogP contribution in [0.3, 0.4) is 0 Å². The first kappa shape index (κ1) is 26.0. The van der Waals surface area contributed by atoms with Gasteiger partial charge in [0, 0.05) is 24.6 Å². The maximum absolute atomic E-state index is 12.6. The highest BCUT2D eigenvalue weighted by molar-refractivity contribution is 6.00. The summed E-state index contributed by atoms with van der Waals surface area (Å²) in [6.45, 7) is 7.71. The number of amides is 1. The van der Waals surface area contributed by atoms with E-state index >= 15 is 0 Å². The summed E-state index contributed by atoms with van der Waals surface area (Å²) in [5, 5.41) is 24.4. The minimum atomic E-state index is -0.683. The fourth-order valence-corrected chi connectivity index (χ4v) is 3.72. The molecule has 1 aliphatic heterocycles. The number of benzene rings is 1. The third-order valence-electron chi connectivity index (χ3n) is 5.02. The van der Waals surface area contributed by atoms with Crippen LogP contribution in [0, 0.1) is 0 Å². The number of carbonyl (C=O) groups is 2. The third kappa shape index (κ3) is 7.97. The number of esters is 1. The van der Waals surface area contributed by atoms with Crippen molar-refractivity contribution in [1.29, 1.82) is 0 Å². The molecule has 0 saturated heterocycles. The van der Waals surface area contributed by atoms with Gasteiger partial charge in [0.2, 0.25) is 0 Å². The molecule has 0 bridgehead atoms. The molecule has 2 rings (SSSR count). The van der Waals surface area contributed by atoms with Crippen LogP contribution in [0.2, 0.25) is 0 Å². The largest absolute Gasteiger partial charge is 0.508 e. The van der Waals surface area contributed by atoms with Gasteiger partial charge in [0.05, 0.1) is 12.3 Å². The lowest BCUT2D eigenvalue weighted by Crippen LogP contribution is -2.43. The average molecular weight is 459 g/mol.